The number of aldehydes is 2. The second kappa shape index (κ2) is 9.89. The van der Waals surface area contributed by atoms with Gasteiger partial charge in [-0.2, -0.15) is 5.26 Å². The van der Waals surface area contributed by atoms with Crippen LogP contribution in [0.3, 0.4) is 0 Å². The Morgan fingerprint density at radius 2 is 2.07 bits per heavy atom. The van der Waals surface area contributed by atoms with Gasteiger partial charge in [-0.05, 0) is 53.8 Å². The molecule has 0 aliphatic rings. The summed E-state index contributed by atoms with van der Waals surface area (Å²) in [6, 6.07) is 5.45. The molecule has 2 rings (SSSR count). The molecule has 5 heteroatoms. The molecular weight excluding hydrogens is 355 g/mol. The average molecular weight is 374 g/mol. The van der Waals surface area contributed by atoms with Crippen molar-refractivity contribution in [2.75, 3.05) is 0 Å². The van der Waals surface area contributed by atoms with Gasteiger partial charge in [-0.25, -0.2) is 4.39 Å². The van der Waals surface area contributed by atoms with Crippen molar-refractivity contribution >= 4 is 29.6 Å². The lowest BCUT2D eigenvalue weighted by Crippen LogP contribution is -1.97. The maximum atomic E-state index is 13.0. The molecule has 0 N–H and O–H groups in total. The first-order valence-electron chi connectivity index (χ1n) is 8.68. The van der Waals surface area contributed by atoms with Gasteiger partial charge in [0.1, 0.15) is 18.2 Å². The summed E-state index contributed by atoms with van der Waals surface area (Å²) in [7, 11) is 0. The molecule has 140 valence electrons. The first-order valence-corrected chi connectivity index (χ1v) is 8.68. The number of halogens is 1. The van der Waals surface area contributed by atoms with Gasteiger partial charge < -0.3 is 0 Å². The molecule has 0 bridgehead atoms. The summed E-state index contributed by atoms with van der Waals surface area (Å²) >= 11 is 0. The van der Waals surface area contributed by atoms with E-state index in [0.29, 0.717) is 35.5 Å². The van der Waals surface area contributed by atoms with E-state index in [0.717, 1.165) is 17.6 Å². The summed E-state index contributed by atoms with van der Waals surface area (Å²) in [4.78, 5) is 26.5. The molecule has 1 aromatic heterocycles. The molecule has 0 saturated carbocycles. The largest absolute Gasteiger partial charge is 0.299 e. The van der Waals surface area contributed by atoms with Crippen molar-refractivity contribution in [3.63, 3.8) is 0 Å². The van der Waals surface area contributed by atoms with E-state index in [4.69, 9.17) is 0 Å². The number of nitriles is 1. The van der Waals surface area contributed by atoms with E-state index in [1.54, 1.807) is 24.4 Å². The first kappa shape index (κ1) is 20.7. The highest BCUT2D eigenvalue weighted by molar-refractivity contribution is 5.99. The summed E-state index contributed by atoms with van der Waals surface area (Å²) < 4.78 is 13.0. The van der Waals surface area contributed by atoms with Crippen molar-refractivity contribution in [3.05, 3.63) is 82.9 Å². The zero-order valence-electron chi connectivity index (χ0n) is 15.5. The number of carbonyl (C=O) groups excluding carboxylic acids is 2. The van der Waals surface area contributed by atoms with Crippen LogP contribution in [0.1, 0.15) is 40.4 Å². The Bertz CT molecular complexity index is 1060. The van der Waals surface area contributed by atoms with E-state index in [2.05, 4.69) is 11.6 Å². The minimum Gasteiger partial charge on any atom is -0.299 e. The normalized spacial score (nSPS) is 11.8. The Labute approximate surface area is 163 Å². The highest BCUT2D eigenvalue weighted by Gasteiger charge is 2.13. The topological polar surface area (TPSA) is 70.8 Å². The number of benzene rings is 1. The van der Waals surface area contributed by atoms with Gasteiger partial charge in [0.05, 0.1) is 11.1 Å². The predicted octanol–water partition coefficient (Wildman–Crippen LogP) is 5.05. The minimum atomic E-state index is -0.528. The molecule has 0 saturated heterocycles. The zero-order valence-corrected chi connectivity index (χ0v) is 15.5. The quantitative estimate of drug-likeness (QED) is 0.368. The Balaban J connectivity index is 2.62. The van der Waals surface area contributed by atoms with E-state index >= 15 is 0 Å². The number of hydrogen-bond acceptors (Lipinski definition) is 4. The molecule has 0 unspecified atom stereocenters. The highest BCUT2D eigenvalue weighted by Crippen LogP contribution is 2.26. The van der Waals surface area contributed by atoms with Gasteiger partial charge in [0.2, 0.25) is 0 Å². The molecule has 1 aromatic carbocycles. The fourth-order valence-electron chi connectivity index (χ4n) is 2.86. The summed E-state index contributed by atoms with van der Waals surface area (Å²) in [6.07, 6.45) is 12.0. The van der Waals surface area contributed by atoms with Crippen LogP contribution < -0.4 is 0 Å². The Hall–Kier alpha value is -3.65. The molecule has 2 aromatic rings. The van der Waals surface area contributed by atoms with Crippen LogP contribution in [0.5, 0.6) is 0 Å². The Morgan fingerprint density at radius 3 is 2.68 bits per heavy atom. The van der Waals surface area contributed by atoms with Gasteiger partial charge in [-0.1, -0.05) is 31.7 Å². The predicted molar refractivity (Wildman–Crippen MR) is 108 cm³/mol. The fraction of sp³-hybridized carbons (Fsp3) is 0.130. The third kappa shape index (κ3) is 4.95. The molecule has 1 heterocycles. The molecule has 0 atom stereocenters. The van der Waals surface area contributed by atoms with Gasteiger partial charge in [-0.15, -0.1) is 0 Å². The number of pyridine rings is 1. The molecule has 0 fully saturated rings. The van der Waals surface area contributed by atoms with Crippen LogP contribution in [0, 0.1) is 11.3 Å². The standard InChI is InChI=1S/C23H19FN2O2/c1-3-5-17(8-7-16(2)24)10-18-11-21-19(6-4-9-27)12-20(15-28)22(13-25)23(21)26-14-18/h4-9,11-12,14-15H,2-3,10H2,1H3/b6-4+,8-7-,17-5+. The smallest absolute Gasteiger partial charge is 0.151 e. The molecule has 0 amide bonds. The number of carbonyl (C=O) groups is 2. The Kier molecular flexibility index (Phi) is 7.29. The number of allylic oxidation sites excluding steroid dienone is 6. The SMILES string of the molecule is C=C(F)/C=C\C(=C/CC)Cc1cnc2c(C#N)c(C=O)cc(/C=C/C=O)c2c1. The van der Waals surface area contributed by atoms with E-state index in [9.17, 15) is 19.2 Å². The molecule has 28 heavy (non-hydrogen) atoms. The third-order valence-electron chi connectivity index (χ3n) is 4.04. The fourth-order valence-corrected chi connectivity index (χ4v) is 2.86. The molecule has 0 radical (unpaired) electrons. The maximum Gasteiger partial charge on any atom is 0.151 e. The number of aromatic nitrogens is 1. The van der Waals surface area contributed by atoms with Crippen molar-refractivity contribution in [3.8, 4) is 6.07 Å². The maximum absolute atomic E-state index is 13.0. The lowest BCUT2D eigenvalue weighted by atomic mass is 9.96. The van der Waals surface area contributed by atoms with Crippen LogP contribution in [-0.4, -0.2) is 17.6 Å². The van der Waals surface area contributed by atoms with E-state index in [1.165, 1.54) is 12.2 Å². The third-order valence-corrected chi connectivity index (χ3v) is 4.04. The number of hydrogen-bond donors (Lipinski definition) is 0. The van der Waals surface area contributed by atoms with Crippen LogP contribution in [0.15, 0.2) is 60.6 Å². The van der Waals surface area contributed by atoms with Crippen molar-refractivity contribution in [1.82, 2.24) is 4.98 Å². The summed E-state index contributed by atoms with van der Waals surface area (Å²) in [5.41, 5.74) is 3.18. The van der Waals surface area contributed by atoms with Crippen molar-refractivity contribution in [1.29, 1.82) is 5.26 Å². The van der Waals surface area contributed by atoms with E-state index < -0.39 is 5.83 Å². The monoisotopic (exact) mass is 374 g/mol. The molecule has 0 aliphatic carbocycles. The van der Waals surface area contributed by atoms with Crippen LogP contribution in [0.25, 0.3) is 17.0 Å². The van der Waals surface area contributed by atoms with Crippen LogP contribution >= 0.6 is 0 Å². The van der Waals surface area contributed by atoms with Crippen LogP contribution in [-0.2, 0) is 11.2 Å². The Morgan fingerprint density at radius 1 is 1.29 bits per heavy atom. The second-order valence-electron chi connectivity index (χ2n) is 6.04. The van der Waals surface area contributed by atoms with Gasteiger partial charge in [0.25, 0.3) is 0 Å². The van der Waals surface area contributed by atoms with Gasteiger partial charge in [0.15, 0.2) is 6.29 Å². The minimum absolute atomic E-state index is 0.192. The summed E-state index contributed by atoms with van der Waals surface area (Å²) in [5, 5.41) is 10.1. The lowest BCUT2D eigenvalue weighted by Gasteiger charge is -2.10. The molecule has 4 nitrogen and oxygen atoms in total. The summed E-state index contributed by atoms with van der Waals surface area (Å²) in [5.74, 6) is -0.528. The van der Waals surface area contributed by atoms with Crippen molar-refractivity contribution in [2.24, 2.45) is 0 Å². The van der Waals surface area contributed by atoms with Crippen molar-refractivity contribution in [2.45, 2.75) is 19.8 Å². The lowest BCUT2D eigenvalue weighted by molar-refractivity contribution is -0.104. The number of rotatable bonds is 8. The first-order chi connectivity index (χ1) is 13.5. The second-order valence-corrected chi connectivity index (χ2v) is 6.04. The number of fused-ring (bicyclic) bond motifs is 1. The van der Waals surface area contributed by atoms with Gasteiger partial charge in [0, 0.05) is 17.1 Å². The molecule has 0 aliphatic heterocycles. The van der Waals surface area contributed by atoms with Crippen molar-refractivity contribution < 1.29 is 14.0 Å². The average Bonchev–Trinajstić information content (AvgIpc) is 2.69. The van der Waals surface area contributed by atoms with E-state index in [-0.39, 0.29) is 11.1 Å². The highest BCUT2D eigenvalue weighted by atomic mass is 19.1. The van der Waals surface area contributed by atoms with E-state index in [1.807, 2.05) is 25.1 Å². The van der Waals surface area contributed by atoms with Crippen LogP contribution in [0.4, 0.5) is 4.39 Å². The molecular formula is C23H19FN2O2. The molecule has 0 spiro atoms. The van der Waals surface area contributed by atoms with Gasteiger partial charge >= 0.3 is 0 Å². The van der Waals surface area contributed by atoms with Crippen LogP contribution in [0.2, 0.25) is 0 Å². The summed E-state index contributed by atoms with van der Waals surface area (Å²) in [6.45, 7) is 5.21. The van der Waals surface area contributed by atoms with Gasteiger partial charge in [-0.3, -0.25) is 14.6 Å². The zero-order chi connectivity index (χ0) is 20.5. The number of nitrogens with zero attached hydrogens (tertiary/aromatic N) is 2.